The molecule has 2 aromatic heterocycles. The van der Waals surface area contributed by atoms with E-state index in [1.807, 2.05) is 74.5 Å². The van der Waals surface area contributed by atoms with Crippen molar-refractivity contribution >= 4 is 11.8 Å². The van der Waals surface area contributed by atoms with Crippen LogP contribution in [0.1, 0.15) is 43.4 Å². The molecule has 0 saturated heterocycles. The van der Waals surface area contributed by atoms with Crippen LogP contribution in [0.5, 0.6) is 5.75 Å². The van der Waals surface area contributed by atoms with Crippen LogP contribution < -0.4 is 10.3 Å². The van der Waals surface area contributed by atoms with Gasteiger partial charge in [-0.05, 0) is 55.7 Å². The van der Waals surface area contributed by atoms with Crippen molar-refractivity contribution in [1.82, 2.24) is 14.3 Å². The van der Waals surface area contributed by atoms with Gasteiger partial charge >= 0.3 is 5.97 Å². The quantitative estimate of drug-likeness (QED) is 0.242. The predicted octanol–water partition coefficient (Wildman–Crippen LogP) is 4.00. The molecule has 0 aliphatic carbocycles. The molecule has 0 aliphatic rings. The first-order valence-corrected chi connectivity index (χ1v) is 12.0. The monoisotopic (exact) mass is 499 g/mol. The van der Waals surface area contributed by atoms with Gasteiger partial charge in [0.2, 0.25) is 5.78 Å². The molecule has 0 atom stereocenters. The first-order chi connectivity index (χ1) is 17.9. The third-order valence-corrected chi connectivity index (χ3v) is 6.24. The van der Waals surface area contributed by atoms with Crippen LogP contribution in [0, 0.1) is 13.8 Å². The number of Topliss-reactive ketones (excluding diaryl/α,β-unsaturated/α-hetero) is 1. The number of aryl methyl sites for hydroxylation is 2. The summed E-state index contributed by atoms with van der Waals surface area (Å²) in [5.74, 6) is -0.247. The summed E-state index contributed by atoms with van der Waals surface area (Å²) >= 11 is 0. The number of carbonyl (C=O) groups excluding carboxylic acids is 2. The van der Waals surface area contributed by atoms with Crippen LogP contribution in [0.3, 0.4) is 0 Å². The lowest BCUT2D eigenvalue weighted by Gasteiger charge is -2.10. The van der Waals surface area contributed by atoms with Gasteiger partial charge in [-0.25, -0.2) is 9.48 Å². The first kappa shape index (κ1) is 25.6. The van der Waals surface area contributed by atoms with E-state index in [0.717, 1.165) is 34.7 Å². The van der Waals surface area contributed by atoms with Crippen LogP contribution in [-0.4, -0.2) is 39.8 Å². The van der Waals surface area contributed by atoms with Gasteiger partial charge in [0.25, 0.3) is 5.56 Å². The summed E-state index contributed by atoms with van der Waals surface area (Å²) in [6, 6.07) is 21.6. The maximum absolute atomic E-state index is 12.9. The molecule has 0 unspecified atom stereocenters. The Balaban J connectivity index is 1.38. The summed E-state index contributed by atoms with van der Waals surface area (Å²) in [6.07, 6.45) is 0.799. The molecule has 8 heteroatoms. The molecule has 0 radical (unpaired) electrons. The molecule has 0 amide bonds. The van der Waals surface area contributed by atoms with Crippen molar-refractivity contribution < 1.29 is 19.1 Å². The van der Waals surface area contributed by atoms with Crippen molar-refractivity contribution in [3.8, 4) is 5.75 Å². The lowest BCUT2D eigenvalue weighted by Crippen LogP contribution is -2.26. The highest BCUT2D eigenvalue weighted by atomic mass is 16.5. The molecule has 0 aliphatic heterocycles. The Morgan fingerprint density at radius 3 is 2.35 bits per heavy atom. The topological polar surface area (TPSA) is 92.4 Å². The number of rotatable bonds is 10. The molecule has 4 rings (SSSR count). The minimum atomic E-state index is -0.761. The van der Waals surface area contributed by atoms with Crippen LogP contribution in [-0.2, 0) is 24.2 Å². The van der Waals surface area contributed by atoms with E-state index in [4.69, 9.17) is 9.47 Å². The SMILES string of the molecule is COc1ccc(CCn2c(C)cc(C(=O)COC(=O)c3ccc(=O)n(Cc4ccccc4)n3)c2C)cc1. The molecule has 2 aromatic carbocycles. The third-order valence-electron chi connectivity index (χ3n) is 6.24. The molecule has 0 N–H and O–H groups in total. The van der Waals surface area contributed by atoms with Crippen molar-refractivity contribution in [2.75, 3.05) is 13.7 Å². The van der Waals surface area contributed by atoms with E-state index in [1.54, 1.807) is 7.11 Å². The molecular weight excluding hydrogens is 470 g/mol. The zero-order chi connectivity index (χ0) is 26.4. The van der Waals surface area contributed by atoms with Crippen molar-refractivity contribution in [3.05, 3.63) is 117 Å². The molecule has 2 heterocycles. The predicted molar refractivity (Wildman–Crippen MR) is 139 cm³/mol. The van der Waals surface area contributed by atoms with Gasteiger partial charge in [-0.3, -0.25) is 9.59 Å². The number of nitrogens with zero attached hydrogens (tertiary/aromatic N) is 3. The number of hydrogen-bond acceptors (Lipinski definition) is 6. The van der Waals surface area contributed by atoms with E-state index in [-0.39, 0.29) is 23.6 Å². The average Bonchev–Trinajstić information content (AvgIpc) is 3.20. The second kappa shape index (κ2) is 11.5. The smallest absolute Gasteiger partial charge is 0.359 e. The highest BCUT2D eigenvalue weighted by Crippen LogP contribution is 2.18. The average molecular weight is 500 g/mol. The van der Waals surface area contributed by atoms with Crippen LogP contribution in [0.4, 0.5) is 0 Å². The summed E-state index contributed by atoms with van der Waals surface area (Å²) in [6.45, 7) is 4.36. The number of aromatic nitrogens is 3. The van der Waals surface area contributed by atoms with Crippen LogP contribution in [0.2, 0.25) is 0 Å². The Kier molecular flexibility index (Phi) is 7.98. The molecule has 8 nitrogen and oxygen atoms in total. The lowest BCUT2D eigenvalue weighted by molar-refractivity contribution is 0.0466. The van der Waals surface area contributed by atoms with Gasteiger partial charge in [0.05, 0.1) is 13.7 Å². The van der Waals surface area contributed by atoms with E-state index in [2.05, 4.69) is 9.67 Å². The highest BCUT2D eigenvalue weighted by Gasteiger charge is 2.19. The number of methoxy groups -OCH3 is 1. The first-order valence-electron chi connectivity index (χ1n) is 12.0. The Labute approximate surface area is 215 Å². The largest absolute Gasteiger partial charge is 0.497 e. The fourth-order valence-corrected chi connectivity index (χ4v) is 4.17. The summed E-state index contributed by atoms with van der Waals surface area (Å²) in [5, 5.41) is 4.12. The van der Waals surface area contributed by atoms with E-state index in [0.29, 0.717) is 12.1 Å². The third kappa shape index (κ3) is 6.22. The maximum Gasteiger partial charge on any atom is 0.359 e. The van der Waals surface area contributed by atoms with Crippen molar-refractivity contribution in [2.24, 2.45) is 0 Å². The molecular formula is C29H29N3O5. The number of carbonyl (C=O) groups is 2. The zero-order valence-corrected chi connectivity index (χ0v) is 21.1. The number of benzene rings is 2. The van der Waals surface area contributed by atoms with E-state index in [1.165, 1.54) is 16.8 Å². The van der Waals surface area contributed by atoms with E-state index in [9.17, 15) is 14.4 Å². The van der Waals surface area contributed by atoms with Gasteiger partial charge in [-0.2, -0.15) is 5.10 Å². The van der Waals surface area contributed by atoms with Crippen molar-refractivity contribution in [2.45, 2.75) is 33.4 Å². The van der Waals surface area contributed by atoms with Crippen molar-refractivity contribution in [3.63, 3.8) is 0 Å². The second-order valence-electron chi connectivity index (χ2n) is 8.73. The normalized spacial score (nSPS) is 10.8. The number of ether oxygens (including phenoxy) is 2. The van der Waals surface area contributed by atoms with Gasteiger partial charge in [-0.1, -0.05) is 42.5 Å². The molecule has 4 aromatic rings. The molecule has 0 fully saturated rings. The van der Waals surface area contributed by atoms with Gasteiger partial charge in [0, 0.05) is 29.6 Å². The standard InChI is InChI=1S/C29H29N3O5/c1-20-17-25(21(2)31(20)16-15-22-9-11-24(36-3)12-10-22)27(33)19-37-29(35)26-13-14-28(34)32(30-26)18-23-7-5-4-6-8-23/h4-14,17H,15-16,18-19H2,1-3H3. The fourth-order valence-electron chi connectivity index (χ4n) is 4.17. The summed E-state index contributed by atoms with van der Waals surface area (Å²) in [5.41, 5.74) is 3.96. The Hall–Kier alpha value is -4.46. The van der Waals surface area contributed by atoms with Crippen LogP contribution in [0.15, 0.2) is 77.6 Å². The van der Waals surface area contributed by atoms with Gasteiger partial charge in [0.1, 0.15) is 5.75 Å². The van der Waals surface area contributed by atoms with Gasteiger partial charge in [-0.15, -0.1) is 0 Å². The zero-order valence-electron chi connectivity index (χ0n) is 21.1. The van der Waals surface area contributed by atoms with Crippen molar-refractivity contribution in [1.29, 1.82) is 0 Å². The van der Waals surface area contributed by atoms with E-state index >= 15 is 0 Å². The summed E-state index contributed by atoms with van der Waals surface area (Å²) in [4.78, 5) is 37.7. The number of esters is 1. The lowest BCUT2D eigenvalue weighted by atomic mass is 10.1. The Morgan fingerprint density at radius 2 is 1.65 bits per heavy atom. The Morgan fingerprint density at radius 1 is 0.919 bits per heavy atom. The molecule has 37 heavy (non-hydrogen) atoms. The molecule has 0 bridgehead atoms. The van der Waals surface area contributed by atoms with Crippen LogP contribution >= 0.6 is 0 Å². The molecule has 0 spiro atoms. The number of ketones is 1. The minimum Gasteiger partial charge on any atom is -0.497 e. The van der Waals surface area contributed by atoms with E-state index < -0.39 is 12.6 Å². The van der Waals surface area contributed by atoms with Gasteiger partial charge in [0.15, 0.2) is 12.3 Å². The molecule has 190 valence electrons. The second-order valence-corrected chi connectivity index (χ2v) is 8.73. The number of hydrogen-bond donors (Lipinski definition) is 0. The maximum atomic E-state index is 12.9. The summed E-state index contributed by atoms with van der Waals surface area (Å²) < 4.78 is 13.7. The van der Waals surface area contributed by atoms with Crippen LogP contribution in [0.25, 0.3) is 0 Å². The minimum absolute atomic E-state index is 0.0340. The molecule has 0 saturated carbocycles. The highest BCUT2D eigenvalue weighted by molar-refractivity contribution is 6.00. The fraction of sp³-hybridized carbons (Fsp3) is 0.241. The Bertz CT molecular complexity index is 1450. The summed E-state index contributed by atoms with van der Waals surface area (Å²) in [7, 11) is 1.64. The van der Waals surface area contributed by atoms with Gasteiger partial charge < -0.3 is 14.0 Å².